The predicted octanol–water partition coefficient (Wildman–Crippen LogP) is 3.77. The molecule has 0 saturated carbocycles. The normalized spacial score (nSPS) is 11.4. The lowest BCUT2D eigenvalue weighted by Gasteiger charge is -2.11. The highest BCUT2D eigenvalue weighted by Crippen LogP contribution is 2.26. The first-order valence-corrected chi connectivity index (χ1v) is 10.9. The van der Waals surface area contributed by atoms with Gasteiger partial charge in [-0.25, -0.2) is 14.1 Å². The minimum atomic E-state index is -0.520. The Balaban J connectivity index is 1.46. The molecule has 0 fully saturated rings. The van der Waals surface area contributed by atoms with Gasteiger partial charge in [0.15, 0.2) is 5.65 Å². The summed E-state index contributed by atoms with van der Waals surface area (Å²) in [7, 11) is 1.66. The van der Waals surface area contributed by atoms with Crippen LogP contribution in [0, 0.1) is 5.95 Å². The average molecular weight is 466 g/mol. The van der Waals surface area contributed by atoms with Gasteiger partial charge in [-0.3, -0.25) is 9.36 Å². The van der Waals surface area contributed by atoms with Crippen LogP contribution < -0.4 is 10.9 Å². The SMILES string of the molecule is Cn1c(=O)c2c(Nc3ccccc3)n(Cc3ccc(-c4cccc(F)n4)cc3)nc2n2cnnc12. The zero-order chi connectivity index (χ0) is 23.9. The Morgan fingerprint density at radius 2 is 1.77 bits per heavy atom. The highest BCUT2D eigenvalue weighted by atomic mass is 19.1. The Morgan fingerprint density at radius 3 is 2.54 bits per heavy atom. The molecule has 172 valence electrons. The van der Waals surface area contributed by atoms with Crippen molar-refractivity contribution in [2.24, 2.45) is 7.05 Å². The van der Waals surface area contributed by atoms with Crippen LogP contribution in [-0.2, 0) is 13.6 Å². The van der Waals surface area contributed by atoms with Crippen molar-refractivity contribution >= 4 is 28.3 Å². The van der Waals surface area contributed by atoms with Crippen LogP contribution in [0.5, 0.6) is 0 Å². The molecule has 1 N–H and O–H groups in total. The van der Waals surface area contributed by atoms with Crippen LogP contribution >= 0.6 is 0 Å². The maximum absolute atomic E-state index is 13.5. The van der Waals surface area contributed by atoms with Gasteiger partial charge in [-0.15, -0.1) is 10.2 Å². The monoisotopic (exact) mass is 466 g/mol. The van der Waals surface area contributed by atoms with Gasteiger partial charge in [0, 0.05) is 18.3 Å². The lowest BCUT2D eigenvalue weighted by molar-refractivity contribution is 0.585. The first-order chi connectivity index (χ1) is 17.1. The minimum Gasteiger partial charge on any atom is -0.340 e. The maximum Gasteiger partial charge on any atom is 0.268 e. The first kappa shape index (κ1) is 20.7. The molecule has 6 rings (SSSR count). The van der Waals surface area contributed by atoms with Crippen LogP contribution in [0.3, 0.4) is 0 Å². The minimum absolute atomic E-state index is 0.224. The number of aryl methyl sites for hydroxylation is 1. The van der Waals surface area contributed by atoms with Crippen molar-refractivity contribution in [1.82, 2.24) is 33.9 Å². The second kappa shape index (κ2) is 8.17. The van der Waals surface area contributed by atoms with Crippen molar-refractivity contribution in [2.75, 3.05) is 5.32 Å². The van der Waals surface area contributed by atoms with Crippen LogP contribution in [-0.4, -0.2) is 33.9 Å². The van der Waals surface area contributed by atoms with Gasteiger partial charge in [0.05, 0.1) is 12.2 Å². The van der Waals surface area contributed by atoms with E-state index in [1.165, 1.54) is 10.6 Å². The summed E-state index contributed by atoms with van der Waals surface area (Å²) in [6, 6.07) is 22.0. The van der Waals surface area contributed by atoms with Crippen LogP contribution in [0.15, 0.2) is 83.9 Å². The van der Waals surface area contributed by atoms with Crippen LogP contribution in [0.1, 0.15) is 5.56 Å². The molecule has 0 radical (unpaired) electrons. The molecule has 0 saturated heterocycles. The molecule has 0 aliphatic carbocycles. The molecule has 4 aromatic heterocycles. The fourth-order valence-electron chi connectivity index (χ4n) is 4.10. The van der Waals surface area contributed by atoms with Gasteiger partial charge in [-0.05, 0) is 29.8 Å². The Morgan fingerprint density at radius 1 is 0.971 bits per heavy atom. The molecule has 0 aliphatic rings. The molecule has 0 unspecified atom stereocenters. The molecule has 0 spiro atoms. The highest BCUT2D eigenvalue weighted by molar-refractivity contribution is 5.90. The molecule has 9 nitrogen and oxygen atoms in total. The summed E-state index contributed by atoms with van der Waals surface area (Å²) < 4.78 is 18.4. The Hall–Kier alpha value is -4.86. The second-order valence-corrected chi connectivity index (χ2v) is 8.10. The number of para-hydroxylation sites is 1. The van der Waals surface area contributed by atoms with Crippen LogP contribution in [0.4, 0.5) is 15.9 Å². The van der Waals surface area contributed by atoms with Crippen LogP contribution in [0.25, 0.3) is 28.1 Å². The molecule has 10 heteroatoms. The fraction of sp³-hybridized carbons (Fsp3) is 0.0800. The van der Waals surface area contributed by atoms with E-state index in [4.69, 9.17) is 5.10 Å². The standard InChI is InChI=1S/C25H19FN8O/c1-32-24(35)21-22(28-18-6-3-2-4-7-18)34(31-23(21)33-15-27-30-25(32)33)14-16-10-12-17(13-11-16)19-8-5-9-20(26)29-19/h2-13,15,28H,14H2,1H3. The number of hydrogen-bond acceptors (Lipinski definition) is 6. The van der Waals surface area contributed by atoms with Crippen molar-refractivity contribution in [3.05, 3.63) is 101 Å². The van der Waals surface area contributed by atoms with Gasteiger partial charge in [-0.1, -0.05) is 48.5 Å². The van der Waals surface area contributed by atoms with Crippen molar-refractivity contribution in [3.63, 3.8) is 0 Å². The number of benzene rings is 2. The molecular formula is C25H19FN8O. The highest BCUT2D eigenvalue weighted by Gasteiger charge is 2.21. The quantitative estimate of drug-likeness (QED) is 0.389. The summed E-state index contributed by atoms with van der Waals surface area (Å²) in [5, 5.41) is 16.6. The third-order valence-electron chi connectivity index (χ3n) is 5.84. The first-order valence-electron chi connectivity index (χ1n) is 10.9. The summed E-state index contributed by atoms with van der Waals surface area (Å²) in [6.07, 6.45) is 1.54. The number of halogens is 1. The van der Waals surface area contributed by atoms with E-state index in [1.807, 2.05) is 54.6 Å². The zero-order valence-corrected chi connectivity index (χ0v) is 18.6. The molecule has 2 aromatic carbocycles. The lowest BCUT2D eigenvalue weighted by atomic mass is 10.1. The number of nitrogens with zero attached hydrogens (tertiary/aromatic N) is 7. The summed E-state index contributed by atoms with van der Waals surface area (Å²) in [4.78, 5) is 17.2. The van der Waals surface area contributed by atoms with E-state index in [-0.39, 0.29) is 5.56 Å². The molecule has 0 amide bonds. The number of nitrogens with one attached hydrogen (secondary N) is 1. The Bertz CT molecular complexity index is 1740. The number of rotatable bonds is 5. The molecule has 6 aromatic rings. The summed E-state index contributed by atoms with van der Waals surface area (Å²) in [5.41, 5.74) is 3.39. The lowest BCUT2D eigenvalue weighted by Crippen LogP contribution is -2.20. The van der Waals surface area contributed by atoms with Crippen molar-refractivity contribution < 1.29 is 4.39 Å². The van der Waals surface area contributed by atoms with Gasteiger partial charge in [0.25, 0.3) is 5.56 Å². The second-order valence-electron chi connectivity index (χ2n) is 8.10. The average Bonchev–Trinajstić information content (AvgIpc) is 3.50. The van der Waals surface area contributed by atoms with Gasteiger partial charge in [0.1, 0.15) is 17.5 Å². The molecule has 0 aliphatic heterocycles. The van der Waals surface area contributed by atoms with Gasteiger partial charge in [0.2, 0.25) is 11.7 Å². The third kappa shape index (κ3) is 3.61. The van der Waals surface area contributed by atoms with Gasteiger partial charge < -0.3 is 5.32 Å². The maximum atomic E-state index is 13.5. The smallest absolute Gasteiger partial charge is 0.268 e. The molecular weight excluding hydrogens is 447 g/mol. The van der Waals surface area contributed by atoms with E-state index in [1.54, 1.807) is 34.6 Å². The van der Waals surface area contributed by atoms with Crippen molar-refractivity contribution in [1.29, 1.82) is 0 Å². The molecule has 0 atom stereocenters. The third-order valence-corrected chi connectivity index (χ3v) is 5.84. The van der Waals surface area contributed by atoms with Crippen molar-refractivity contribution in [3.8, 4) is 11.3 Å². The Kier molecular flexibility index (Phi) is 4.84. The zero-order valence-electron chi connectivity index (χ0n) is 18.6. The summed E-state index contributed by atoms with van der Waals surface area (Å²) in [5.74, 6) is 0.456. The molecule has 4 heterocycles. The number of anilines is 2. The van der Waals surface area contributed by atoms with E-state index in [0.29, 0.717) is 34.9 Å². The number of pyridine rings is 1. The largest absolute Gasteiger partial charge is 0.340 e. The summed E-state index contributed by atoms with van der Waals surface area (Å²) >= 11 is 0. The topological polar surface area (TPSA) is 94.9 Å². The van der Waals surface area contributed by atoms with Crippen LogP contribution in [0.2, 0.25) is 0 Å². The number of hydrogen-bond donors (Lipinski definition) is 1. The van der Waals surface area contributed by atoms with Crippen molar-refractivity contribution in [2.45, 2.75) is 6.54 Å². The van der Waals surface area contributed by atoms with E-state index >= 15 is 0 Å². The fourth-order valence-corrected chi connectivity index (χ4v) is 4.10. The molecule has 35 heavy (non-hydrogen) atoms. The number of fused-ring (bicyclic) bond motifs is 3. The Labute approximate surface area is 198 Å². The van der Waals surface area contributed by atoms with E-state index in [2.05, 4.69) is 20.5 Å². The van der Waals surface area contributed by atoms with Gasteiger partial charge in [-0.2, -0.15) is 9.49 Å². The predicted molar refractivity (Wildman–Crippen MR) is 130 cm³/mol. The molecule has 0 bridgehead atoms. The van der Waals surface area contributed by atoms with Gasteiger partial charge >= 0.3 is 0 Å². The van der Waals surface area contributed by atoms with E-state index in [0.717, 1.165) is 16.8 Å². The van der Waals surface area contributed by atoms with E-state index < -0.39 is 5.95 Å². The number of aromatic nitrogens is 7. The van der Waals surface area contributed by atoms with E-state index in [9.17, 15) is 9.18 Å². The summed E-state index contributed by atoms with van der Waals surface area (Å²) in [6.45, 7) is 0.396.